The molecule has 6 heteroatoms. The van der Waals surface area contributed by atoms with Crippen molar-refractivity contribution in [2.24, 2.45) is 0 Å². The van der Waals surface area contributed by atoms with E-state index in [0.717, 1.165) is 38.5 Å². The molecule has 2 unspecified atom stereocenters. The molecule has 0 bridgehead atoms. The Morgan fingerprint density at radius 1 is 0.885 bits per heavy atom. The third-order valence-electron chi connectivity index (χ3n) is 4.79. The second kappa shape index (κ2) is 13.0. The van der Waals surface area contributed by atoms with Crippen LogP contribution >= 0.6 is 0 Å². The molecule has 0 radical (unpaired) electrons. The summed E-state index contributed by atoms with van der Waals surface area (Å²) < 4.78 is 29.3. The Balaban J connectivity index is 2.84. The minimum Gasteiger partial charge on any atom is -0.384 e. The summed E-state index contributed by atoms with van der Waals surface area (Å²) in [6.07, 6.45) is 3.84. The molecule has 0 saturated carbocycles. The van der Waals surface area contributed by atoms with Crippen LogP contribution in [0.3, 0.4) is 0 Å². The van der Waals surface area contributed by atoms with E-state index in [2.05, 4.69) is 20.8 Å². The Morgan fingerprint density at radius 2 is 1.42 bits per heavy atom. The van der Waals surface area contributed by atoms with Crippen molar-refractivity contribution < 1.29 is 28.8 Å². The maximum Gasteiger partial charge on any atom is 0.186 e. The first kappa shape index (κ1) is 23.8. The van der Waals surface area contributed by atoms with Crippen LogP contribution in [0.2, 0.25) is 0 Å². The van der Waals surface area contributed by atoms with Gasteiger partial charge in [-0.05, 0) is 26.2 Å². The Kier molecular flexibility index (Phi) is 11.9. The van der Waals surface area contributed by atoms with Crippen LogP contribution in [0.5, 0.6) is 0 Å². The number of ether oxygens (including phenoxy) is 5. The van der Waals surface area contributed by atoms with Crippen molar-refractivity contribution >= 4 is 0 Å². The molecule has 0 aromatic rings. The van der Waals surface area contributed by atoms with Gasteiger partial charge in [0.05, 0.1) is 6.61 Å². The zero-order chi connectivity index (χ0) is 19.4. The highest BCUT2D eigenvalue weighted by Crippen LogP contribution is 2.34. The standard InChI is InChI=1S/C20H40O6/c1-6-9-12-23-15-16-17(24-13-10-7-2)20(4,21)18(19(22-5)26-16)25-14-11-8-3/h16-19,21H,6-15H2,1-5H3/t16?,17-,18?,19+,20-/m0/s1. The number of aliphatic hydroxyl groups is 1. The summed E-state index contributed by atoms with van der Waals surface area (Å²) in [5.74, 6) is 0. The summed E-state index contributed by atoms with van der Waals surface area (Å²) in [6, 6.07) is 0. The highest BCUT2D eigenvalue weighted by Gasteiger charge is 2.55. The summed E-state index contributed by atoms with van der Waals surface area (Å²) in [5, 5.41) is 11.3. The quantitative estimate of drug-likeness (QED) is 0.469. The molecule has 156 valence electrons. The molecule has 5 atom stereocenters. The lowest BCUT2D eigenvalue weighted by molar-refractivity contribution is -0.339. The van der Waals surface area contributed by atoms with Crippen LogP contribution < -0.4 is 0 Å². The number of hydrogen-bond donors (Lipinski definition) is 1. The van der Waals surface area contributed by atoms with Crippen LogP contribution in [0.1, 0.15) is 66.2 Å². The lowest BCUT2D eigenvalue weighted by Crippen LogP contribution is -2.67. The second-order valence-electron chi connectivity index (χ2n) is 7.22. The molecule has 1 aliphatic heterocycles. The van der Waals surface area contributed by atoms with E-state index in [0.29, 0.717) is 26.4 Å². The zero-order valence-electron chi connectivity index (χ0n) is 17.4. The number of unbranched alkanes of at least 4 members (excludes halogenated alkanes) is 3. The number of hydrogen-bond acceptors (Lipinski definition) is 6. The van der Waals surface area contributed by atoms with Crippen molar-refractivity contribution in [3.05, 3.63) is 0 Å². The molecule has 0 aromatic heterocycles. The molecular weight excluding hydrogens is 336 g/mol. The summed E-state index contributed by atoms with van der Waals surface area (Å²) in [6.45, 7) is 10.3. The average Bonchev–Trinajstić information content (AvgIpc) is 2.62. The normalized spacial score (nSPS) is 32.1. The fourth-order valence-corrected chi connectivity index (χ4v) is 3.11. The van der Waals surface area contributed by atoms with Gasteiger partial charge in [0.1, 0.15) is 23.9 Å². The van der Waals surface area contributed by atoms with Crippen LogP contribution in [0, 0.1) is 0 Å². The van der Waals surface area contributed by atoms with E-state index >= 15 is 0 Å². The van der Waals surface area contributed by atoms with E-state index in [1.165, 1.54) is 0 Å². The lowest BCUT2D eigenvalue weighted by atomic mass is 9.85. The molecule has 0 aliphatic carbocycles. The molecule has 1 aliphatic rings. The van der Waals surface area contributed by atoms with Gasteiger partial charge in [-0.15, -0.1) is 0 Å². The fraction of sp³-hybridized carbons (Fsp3) is 1.00. The van der Waals surface area contributed by atoms with Gasteiger partial charge >= 0.3 is 0 Å². The van der Waals surface area contributed by atoms with Crippen molar-refractivity contribution in [1.29, 1.82) is 0 Å². The first-order valence-electron chi connectivity index (χ1n) is 10.2. The van der Waals surface area contributed by atoms with E-state index in [4.69, 9.17) is 23.7 Å². The van der Waals surface area contributed by atoms with Gasteiger partial charge in [0.25, 0.3) is 0 Å². The Labute approximate surface area is 159 Å². The summed E-state index contributed by atoms with van der Waals surface area (Å²) in [4.78, 5) is 0. The van der Waals surface area contributed by atoms with Crippen LogP contribution in [0.15, 0.2) is 0 Å². The van der Waals surface area contributed by atoms with Gasteiger partial charge in [0.15, 0.2) is 6.29 Å². The third kappa shape index (κ3) is 7.06. The van der Waals surface area contributed by atoms with Gasteiger partial charge in [-0.3, -0.25) is 0 Å². The average molecular weight is 377 g/mol. The summed E-state index contributed by atoms with van der Waals surface area (Å²) >= 11 is 0. The summed E-state index contributed by atoms with van der Waals surface area (Å²) in [5.41, 5.74) is -1.22. The van der Waals surface area contributed by atoms with Crippen molar-refractivity contribution in [2.75, 3.05) is 33.5 Å². The van der Waals surface area contributed by atoms with Gasteiger partial charge in [0, 0.05) is 26.9 Å². The molecule has 26 heavy (non-hydrogen) atoms. The SMILES string of the molecule is CCCCOCC1O[C@@H](OC)C(OCCCC)[C@@](C)(O)[C@H]1OCCCC. The first-order valence-corrected chi connectivity index (χ1v) is 10.2. The fourth-order valence-electron chi connectivity index (χ4n) is 3.11. The van der Waals surface area contributed by atoms with Crippen molar-refractivity contribution in [3.63, 3.8) is 0 Å². The van der Waals surface area contributed by atoms with E-state index in [-0.39, 0.29) is 0 Å². The van der Waals surface area contributed by atoms with E-state index in [1.54, 1.807) is 14.0 Å². The van der Waals surface area contributed by atoms with E-state index in [9.17, 15) is 5.11 Å². The predicted octanol–water partition coefficient (Wildman–Crippen LogP) is 3.30. The molecule has 1 saturated heterocycles. The van der Waals surface area contributed by atoms with Crippen LogP contribution in [0.25, 0.3) is 0 Å². The van der Waals surface area contributed by atoms with Crippen molar-refractivity contribution in [2.45, 2.75) is 96.4 Å². The molecule has 6 nitrogen and oxygen atoms in total. The van der Waals surface area contributed by atoms with Gasteiger partial charge in [-0.25, -0.2) is 0 Å². The lowest BCUT2D eigenvalue weighted by Gasteiger charge is -2.49. The molecule has 0 aromatic carbocycles. The molecule has 1 fully saturated rings. The number of rotatable bonds is 14. The van der Waals surface area contributed by atoms with Gasteiger partial charge < -0.3 is 28.8 Å². The molecule has 1 rings (SSSR count). The molecule has 1 heterocycles. The predicted molar refractivity (Wildman–Crippen MR) is 101 cm³/mol. The van der Waals surface area contributed by atoms with Crippen LogP contribution in [-0.4, -0.2) is 68.8 Å². The second-order valence-corrected chi connectivity index (χ2v) is 7.22. The van der Waals surface area contributed by atoms with Crippen molar-refractivity contribution in [3.8, 4) is 0 Å². The topological polar surface area (TPSA) is 66.4 Å². The molecule has 0 spiro atoms. The Morgan fingerprint density at radius 3 is 1.96 bits per heavy atom. The Bertz CT molecular complexity index is 349. The summed E-state index contributed by atoms with van der Waals surface area (Å²) in [7, 11) is 1.57. The van der Waals surface area contributed by atoms with Gasteiger partial charge in [-0.2, -0.15) is 0 Å². The van der Waals surface area contributed by atoms with E-state index in [1.807, 2.05) is 0 Å². The first-order chi connectivity index (χ1) is 12.5. The maximum atomic E-state index is 11.3. The van der Waals surface area contributed by atoms with Crippen molar-refractivity contribution in [1.82, 2.24) is 0 Å². The highest BCUT2D eigenvalue weighted by atomic mass is 16.7. The monoisotopic (exact) mass is 376 g/mol. The number of methoxy groups -OCH3 is 1. The largest absolute Gasteiger partial charge is 0.384 e. The Hall–Kier alpha value is -0.240. The smallest absolute Gasteiger partial charge is 0.186 e. The van der Waals surface area contributed by atoms with Gasteiger partial charge in [-0.1, -0.05) is 40.0 Å². The minimum atomic E-state index is -1.22. The molecular formula is C20H40O6. The zero-order valence-corrected chi connectivity index (χ0v) is 17.4. The van der Waals surface area contributed by atoms with Crippen LogP contribution in [-0.2, 0) is 23.7 Å². The third-order valence-corrected chi connectivity index (χ3v) is 4.79. The highest BCUT2D eigenvalue weighted by molar-refractivity contribution is 5.01. The van der Waals surface area contributed by atoms with Crippen LogP contribution in [0.4, 0.5) is 0 Å². The van der Waals surface area contributed by atoms with Gasteiger partial charge in [0.2, 0.25) is 0 Å². The maximum absolute atomic E-state index is 11.3. The minimum absolute atomic E-state index is 0.370. The molecule has 0 amide bonds. The van der Waals surface area contributed by atoms with E-state index < -0.39 is 30.2 Å². The molecule has 1 N–H and O–H groups in total.